The van der Waals surface area contributed by atoms with Crippen LogP contribution in [0.5, 0.6) is 0 Å². The molecule has 2 fully saturated rings. The first-order valence-corrected chi connectivity index (χ1v) is 6.97. The summed E-state index contributed by atoms with van der Waals surface area (Å²) >= 11 is 0. The minimum atomic E-state index is 0.518. The third-order valence-corrected chi connectivity index (χ3v) is 5.06. The molecule has 0 radical (unpaired) electrons. The Morgan fingerprint density at radius 3 is 2.71 bits per heavy atom. The summed E-state index contributed by atoms with van der Waals surface area (Å²) in [6, 6.07) is 0. The van der Waals surface area contributed by atoms with Crippen molar-refractivity contribution in [3.8, 4) is 0 Å². The van der Waals surface area contributed by atoms with Crippen LogP contribution in [0.25, 0.3) is 0 Å². The van der Waals surface area contributed by atoms with Crippen LogP contribution in [0.2, 0.25) is 0 Å². The number of hydrogen-bond donors (Lipinski definition) is 1. The molecule has 2 N–H and O–H groups in total. The van der Waals surface area contributed by atoms with Crippen LogP contribution in [0.3, 0.4) is 0 Å². The number of quaternary nitrogens is 1. The van der Waals surface area contributed by atoms with Crippen molar-refractivity contribution < 1.29 is 5.32 Å². The highest BCUT2D eigenvalue weighted by molar-refractivity contribution is 5.21. The number of fused-ring (bicyclic) bond motifs is 1. The van der Waals surface area contributed by atoms with Gasteiger partial charge in [0.25, 0.3) is 0 Å². The number of hydrogen-bond acceptors (Lipinski definition) is 0. The largest absolute Gasteiger partial charge is 0.449 e. The number of allylic oxidation sites excluding steroid dienone is 3. The van der Waals surface area contributed by atoms with Gasteiger partial charge in [-0.05, 0) is 62.9 Å². The molecule has 0 amide bonds. The normalized spacial score (nSPS) is 36.8. The van der Waals surface area contributed by atoms with E-state index < -0.39 is 0 Å². The van der Waals surface area contributed by atoms with E-state index in [-0.39, 0.29) is 0 Å². The Hall–Kier alpha value is -0.560. The first-order chi connectivity index (χ1) is 7.99. The standard InChI is InChI=1S/C16H27N/c1-11(2)15(17-5)13-8-10-16(4)9-6-7-12(3)14(13)16/h13-14H,3,5-10,17H2,1-2,4H3. The van der Waals surface area contributed by atoms with E-state index in [0.717, 1.165) is 0 Å². The molecule has 96 valence electrons. The monoisotopic (exact) mass is 233 g/mol. The maximum Gasteiger partial charge on any atom is 0.0817 e. The van der Waals surface area contributed by atoms with E-state index in [0.29, 0.717) is 17.3 Å². The molecule has 2 rings (SSSR count). The average molecular weight is 233 g/mol. The fourth-order valence-corrected chi connectivity index (χ4v) is 4.29. The second kappa shape index (κ2) is 4.61. The van der Waals surface area contributed by atoms with Crippen molar-refractivity contribution in [1.29, 1.82) is 0 Å². The van der Waals surface area contributed by atoms with Crippen LogP contribution in [0, 0.1) is 24.3 Å². The number of nitrogens with two attached hydrogens (primary N) is 1. The Bertz CT molecular complexity index is 349. The minimum Gasteiger partial charge on any atom is -0.449 e. The zero-order chi connectivity index (χ0) is 12.6. The van der Waals surface area contributed by atoms with Gasteiger partial charge in [0, 0.05) is 5.92 Å². The molecule has 0 saturated heterocycles. The molecule has 3 unspecified atom stereocenters. The molecular formula is C16H27N. The van der Waals surface area contributed by atoms with Crippen LogP contribution in [0.4, 0.5) is 0 Å². The van der Waals surface area contributed by atoms with Gasteiger partial charge in [0.05, 0.1) is 5.70 Å². The van der Waals surface area contributed by atoms with Gasteiger partial charge in [0.15, 0.2) is 0 Å². The van der Waals surface area contributed by atoms with Crippen molar-refractivity contribution in [1.82, 2.24) is 0 Å². The van der Waals surface area contributed by atoms with Crippen LogP contribution in [0.1, 0.15) is 52.9 Å². The summed E-state index contributed by atoms with van der Waals surface area (Å²) < 4.78 is 0. The predicted octanol–water partition coefficient (Wildman–Crippen LogP) is 3.41. The Labute approximate surface area is 106 Å². The lowest BCUT2D eigenvalue weighted by molar-refractivity contribution is -0.552. The van der Waals surface area contributed by atoms with Gasteiger partial charge in [0.2, 0.25) is 0 Å². The topological polar surface area (TPSA) is 16.6 Å². The third kappa shape index (κ3) is 2.10. The smallest absolute Gasteiger partial charge is 0.0817 e. The van der Waals surface area contributed by atoms with E-state index in [9.17, 15) is 0 Å². The molecule has 0 heterocycles. The first-order valence-electron chi connectivity index (χ1n) is 6.97. The van der Waals surface area contributed by atoms with Crippen LogP contribution >= 0.6 is 0 Å². The highest BCUT2D eigenvalue weighted by atomic mass is 14.9. The molecular weight excluding hydrogens is 206 g/mol. The van der Waals surface area contributed by atoms with Gasteiger partial charge in [-0.3, -0.25) is 0 Å². The fraction of sp³-hybridized carbons (Fsp3) is 0.688. The molecule has 2 saturated carbocycles. The molecule has 1 nitrogen and oxygen atoms in total. The van der Waals surface area contributed by atoms with Gasteiger partial charge in [0.1, 0.15) is 0 Å². The quantitative estimate of drug-likeness (QED) is 0.556. The first kappa shape index (κ1) is 12.9. The van der Waals surface area contributed by atoms with E-state index in [1.165, 1.54) is 48.9 Å². The summed E-state index contributed by atoms with van der Waals surface area (Å²) in [4.78, 5) is 0. The Kier molecular flexibility index (Phi) is 3.49. The van der Waals surface area contributed by atoms with Crippen LogP contribution in [0.15, 0.2) is 23.4 Å². The highest BCUT2D eigenvalue weighted by Crippen LogP contribution is 2.57. The molecule has 17 heavy (non-hydrogen) atoms. The van der Waals surface area contributed by atoms with E-state index >= 15 is 0 Å². The zero-order valence-corrected chi connectivity index (χ0v) is 11.7. The van der Waals surface area contributed by atoms with Crippen molar-refractivity contribution in [2.24, 2.45) is 17.3 Å². The SMILES string of the molecule is C=C1CCCC2(C)CCC(C([NH2+][CH2-])=C(C)C)C12. The van der Waals surface area contributed by atoms with Gasteiger partial charge in [-0.15, -0.1) is 7.05 Å². The lowest BCUT2D eigenvalue weighted by atomic mass is 9.65. The second-order valence-corrected chi connectivity index (χ2v) is 6.45. The van der Waals surface area contributed by atoms with Gasteiger partial charge in [-0.1, -0.05) is 19.1 Å². The van der Waals surface area contributed by atoms with Crippen LogP contribution in [-0.2, 0) is 0 Å². The Balaban J connectivity index is 2.32. The minimum absolute atomic E-state index is 0.518. The molecule has 0 bridgehead atoms. The molecule has 0 aromatic carbocycles. The van der Waals surface area contributed by atoms with E-state index in [4.69, 9.17) is 0 Å². The van der Waals surface area contributed by atoms with Crippen molar-refractivity contribution in [2.45, 2.75) is 52.9 Å². The van der Waals surface area contributed by atoms with Gasteiger partial charge in [-0.25, -0.2) is 0 Å². The highest BCUT2D eigenvalue weighted by Gasteiger charge is 2.49. The third-order valence-electron chi connectivity index (χ3n) is 5.06. The molecule has 0 aromatic rings. The molecule has 0 aliphatic heterocycles. The molecule has 0 aromatic heterocycles. The fourth-order valence-electron chi connectivity index (χ4n) is 4.29. The summed E-state index contributed by atoms with van der Waals surface area (Å²) in [7, 11) is 4.02. The summed E-state index contributed by atoms with van der Waals surface area (Å²) in [5.74, 6) is 1.40. The average Bonchev–Trinajstić information content (AvgIpc) is 2.58. The number of rotatable bonds is 2. The lowest BCUT2D eigenvalue weighted by Gasteiger charge is -2.40. The van der Waals surface area contributed by atoms with E-state index in [1.54, 1.807) is 0 Å². The van der Waals surface area contributed by atoms with Crippen LogP contribution in [-0.4, -0.2) is 0 Å². The van der Waals surface area contributed by atoms with Gasteiger partial charge >= 0.3 is 0 Å². The van der Waals surface area contributed by atoms with Crippen LogP contribution < -0.4 is 5.32 Å². The zero-order valence-electron chi connectivity index (χ0n) is 11.7. The molecule has 2 aliphatic rings. The summed E-state index contributed by atoms with van der Waals surface area (Å²) in [5, 5.41) is 2.09. The molecule has 0 spiro atoms. The van der Waals surface area contributed by atoms with Crippen molar-refractivity contribution in [3.05, 3.63) is 30.5 Å². The maximum atomic E-state index is 4.37. The van der Waals surface area contributed by atoms with Crippen molar-refractivity contribution >= 4 is 0 Å². The Morgan fingerprint density at radius 2 is 2.12 bits per heavy atom. The Morgan fingerprint density at radius 1 is 1.41 bits per heavy atom. The molecule has 2 aliphatic carbocycles. The van der Waals surface area contributed by atoms with Gasteiger partial charge < -0.3 is 5.32 Å². The summed E-state index contributed by atoms with van der Waals surface area (Å²) in [5.41, 5.74) is 4.94. The summed E-state index contributed by atoms with van der Waals surface area (Å²) in [6.07, 6.45) is 6.67. The summed E-state index contributed by atoms with van der Waals surface area (Å²) in [6.45, 7) is 11.3. The van der Waals surface area contributed by atoms with E-state index in [1.807, 2.05) is 0 Å². The molecule has 1 heteroatoms. The van der Waals surface area contributed by atoms with Gasteiger partial charge in [-0.2, -0.15) is 0 Å². The molecule has 3 atom stereocenters. The second-order valence-electron chi connectivity index (χ2n) is 6.45. The maximum absolute atomic E-state index is 4.37. The van der Waals surface area contributed by atoms with E-state index in [2.05, 4.69) is 39.7 Å². The van der Waals surface area contributed by atoms with Crippen molar-refractivity contribution in [3.63, 3.8) is 0 Å². The van der Waals surface area contributed by atoms with Crippen molar-refractivity contribution in [2.75, 3.05) is 0 Å². The lowest BCUT2D eigenvalue weighted by Crippen LogP contribution is -2.76. The predicted molar refractivity (Wildman–Crippen MR) is 73.0 cm³/mol.